The van der Waals surface area contributed by atoms with Gasteiger partial charge in [-0.3, -0.25) is 14.2 Å². The topological polar surface area (TPSA) is 80.1 Å². The van der Waals surface area contributed by atoms with Gasteiger partial charge in [-0.15, -0.1) is 0 Å². The van der Waals surface area contributed by atoms with Gasteiger partial charge in [-0.25, -0.2) is 4.98 Å². The maximum atomic E-state index is 13.2. The number of halogens is 1. The standard InChI is InChI=1S/C22H26ClN5O2S2/c1-3-10-28-20(30)18-19(25-21(32-18)27-11-8-14(2)9-12-27)26-22(28)31-13-17(29)24-16-7-5-4-6-15(16)23/h4-7,14H,3,8-13H2,1-2H3,(H,24,29). The molecule has 0 saturated carbocycles. The maximum absolute atomic E-state index is 13.2. The van der Waals surface area contributed by atoms with E-state index in [0.717, 1.165) is 43.4 Å². The number of carbonyl (C=O) groups excluding carboxylic acids is 1. The molecule has 170 valence electrons. The second-order valence-electron chi connectivity index (χ2n) is 7.99. The number of nitrogens with zero attached hydrogens (tertiary/aromatic N) is 4. The number of anilines is 2. The molecule has 1 fully saturated rings. The van der Waals surface area contributed by atoms with Gasteiger partial charge in [-0.1, -0.05) is 60.7 Å². The van der Waals surface area contributed by atoms with E-state index in [-0.39, 0.29) is 17.2 Å². The number of hydrogen-bond acceptors (Lipinski definition) is 7. The van der Waals surface area contributed by atoms with Crippen molar-refractivity contribution in [1.82, 2.24) is 14.5 Å². The Morgan fingerprint density at radius 2 is 2.03 bits per heavy atom. The summed E-state index contributed by atoms with van der Waals surface area (Å²) in [6.07, 6.45) is 3.05. The number of thioether (sulfide) groups is 1. The number of thiazole rings is 1. The van der Waals surface area contributed by atoms with Gasteiger partial charge in [-0.2, -0.15) is 4.98 Å². The minimum atomic E-state index is -0.207. The van der Waals surface area contributed by atoms with Crippen molar-refractivity contribution in [1.29, 1.82) is 0 Å². The van der Waals surface area contributed by atoms with Crippen LogP contribution in [0.25, 0.3) is 10.3 Å². The van der Waals surface area contributed by atoms with E-state index in [9.17, 15) is 9.59 Å². The van der Waals surface area contributed by atoms with Gasteiger partial charge in [0.1, 0.15) is 4.70 Å². The molecule has 0 spiro atoms. The van der Waals surface area contributed by atoms with Gasteiger partial charge in [0.15, 0.2) is 15.9 Å². The fraction of sp³-hybridized carbons (Fsp3) is 0.455. The minimum Gasteiger partial charge on any atom is -0.348 e. The van der Waals surface area contributed by atoms with Crippen molar-refractivity contribution in [3.05, 3.63) is 39.6 Å². The van der Waals surface area contributed by atoms with Crippen molar-refractivity contribution in [2.75, 3.05) is 29.1 Å². The quantitative estimate of drug-likeness (QED) is 0.374. The molecule has 32 heavy (non-hydrogen) atoms. The van der Waals surface area contributed by atoms with Crippen LogP contribution >= 0.6 is 34.7 Å². The SMILES string of the molecule is CCCn1c(SCC(=O)Nc2ccccc2Cl)nc2nc(N3CCC(C)CC3)sc2c1=O. The van der Waals surface area contributed by atoms with E-state index in [0.29, 0.717) is 32.8 Å². The summed E-state index contributed by atoms with van der Waals surface area (Å²) >= 11 is 8.79. The van der Waals surface area contributed by atoms with Crippen molar-refractivity contribution in [2.24, 2.45) is 5.92 Å². The zero-order chi connectivity index (χ0) is 22.7. The lowest BCUT2D eigenvalue weighted by Gasteiger charge is -2.29. The van der Waals surface area contributed by atoms with Crippen LogP contribution in [-0.4, -0.2) is 39.3 Å². The molecule has 0 atom stereocenters. The van der Waals surface area contributed by atoms with Crippen LogP contribution in [-0.2, 0) is 11.3 Å². The van der Waals surface area contributed by atoms with Crippen LogP contribution in [0.4, 0.5) is 10.8 Å². The van der Waals surface area contributed by atoms with E-state index in [1.54, 1.807) is 16.7 Å². The van der Waals surface area contributed by atoms with Gasteiger partial charge < -0.3 is 10.2 Å². The Morgan fingerprint density at radius 1 is 1.28 bits per heavy atom. The minimum absolute atomic E-state index is 0.0833. The van der Waals surface area contributed by atoms with E-state index in [4.69, 9.17) is 11.6 Å². The van der Waals surface area contributed by atoms with E-state index in [1.807, 2.05) is 19.1 Å². The van der Waals surface area contributed by atoms with E-state index >= 15 is 0 Å². The number of para-hydroxylation sites is 1. The predicted octanol–water partition coefficient (Wildman–Crippen LogP) is 4.88. The molecule has 2 aromatic heterocycles. The maximum Gasteiger partial charge on any atom is 0.273 e. The van der Waals surface area contributed by atoms with Crippen molar-refractivity contribution < 1.29 is 4.79 Å². The molecule has 1 aromatic carbocycles. The molecule has 1 aliphatic heterocycles. The molecule has 1 saturated heterocycles. The second-order valence-corrected chi connectivity index (χ2v) is 10.3. The van der Waals surface area contributed by atoms with E-state index in [2.05, 4.69) is 27.1 Å². The van der Waals surface area contributed by atoms with Crippen LogP contribution in [0.2, 0.25) is 5.02 Å². The highest BCUT2D eigenvalue weighted by Gasteiger charge is 2.22. The average Bonchev–Trinajstić information content (AvgIpc) is 3.21. The van der Waals surface area contributed by atoms with Gasteiger partial charge in [0.2, 0.25) is 5.91 Å². The Hall–Kier alpha value is -2.10. The first-order valence-corrected chi connectivity index (χ1v) is 13.0. The van der Waals surface area contributed by atoms with Gasteiger partial charge >= 0.3 is 0 Å². The summed E-state index contributed by atoms with van der Waals surface area (Å²) in [7, 11) is 0. The van der Waals surface area contributed by atoms with Crippen molar-refractivity contribution in [3.8, 4) is 0 Å². The first kappa shape index (κ1) is 23.1. The largest absolute Gasteiger partial charge is 0.348 e. The molecule has 1 amide bonds. The highest BCUT2D eigenvalue weighted by atomic mass is 35.5. The summed E-state index contributed by atoms with van der Waals surface area (Å²) < 4.78 is 2.24. The molecule has 1 aliphatic rings. The molecule has 0 bridgehead atoms. The fourth-order valence-electron chi connectivity index (χ4n) is 3.62. The number of benzene rings is 1. The number of rotatable bonds is 7. The highest BCUT2D eigenvalue weighted by Crippen LogP contribution is 2.30. The third-order valence-electron chi connectivity index (χ3n) is 5.45. The molecule has 0 unspecified atom stereocenters. The summed E-state index contributed by atoms with van der Waals surface area (Å²) in [5, 5.41) is 4.66. The number of aromatic nitrogens is 3. The highest BCUT2D eigenvalue weighted by molar-refractivity contribution is 7.99. The number of fused-ring (bicyclic) bond motifs is 1. The van der Waals surface area contributed by atoms with Crippen LogP contribution < -0.4 is 15.8 Å². The monoisotopic (exact) mass is 491 g/mol. The summed E-state index contributed by atoms with van der Waals surface area (Å²) in [6.45, 7) is 6.74. The van der Waals surface area contributed by atoms with E-state index < -0.39 is 0 Å². The zero-order valence-corrected chi connectivity index (χ0v) is 20.5. The first-order valence-electron chi connectivity index (χ1n) is 10.8. The number of hydrogen-bond donors (Lipinski definition) is 1. The summed E-state index contributed by atoms with van der Waals surface area (Å²) in [6, 6.07) is 7.09. The normalized spacial score (nSPS) is 14.8. The number of carbonyl (C=O) groups is 1. The lowest BCUT2D eigenvalue weighted by atomic mass is 10.00. The first-order chi connectivity index (χ1) is 15.5. The molecular weight excluding hydrogens is 466 g/mol. The van der Waals surface area contributed by atoms with Crippen LogP contribution in [0.3, 0.4) is 0 Å². The van der Waals surface area contributed by atoms with Gasteiger partial charge in [0, 0.05) is 19.6 Å². The molecular formula is C22H26ClN5O2S2. The molecule has 3 aromatic rings. The van der Waals surface area contributed by atoms with Crippen LogP contribution in [0.15, 0.2) is 34.2 Å². The smallest absolute Gasteiger partial charge is 0.273 e. The van der Waals surface area contributed by atoms with Crippen molar-refractivity contribution in [2.45, 2.75) is 44.8 Å². The number of piperidine rings is 1. The van der Waals surface area contributed by atoms with Crippen LogP contribution in [0, 0.1) is 5.92 Å². The fourth-order valence-corrected chi connectivity index (χ4v) is 5.62. The van der Waals surface area contributed by atoms with Gasteiger partial charge in [0.05, 0.1) is 16.5 Å². The second kappa shape index (κ2) is 10.2. The lowest BCUT2D eigenvalue weighted by Crippen LogP contribution is -2.32. The van der Waals surface area contributed by atoms with Crippen molar-refractivity contribution >= 4 is 61.8 Å². The van der Waals surface area contributed by atoms with Crippen molar-refractivity contribution in [3.63, 3.8) is 0 Å². The Bertz CT molecular complexity index is 1170. The number of amides is 1. The molecule has 10 heteroatoms. The Kier molecular flexibility index (Phi) is 7.37. The van der Waals surface area contributed by atoms with Crippen LogP contribution in [0.5, 0.6) is 0 Å². The van der Waals surface area contributed by atoms with Crippen LogP contribution in [0.1, 0.15) is 33.1 Å². The van der Waals surface area contributed by atoms with Gasteiger partial charge in [-0.05, 0) is 37.3 Å². The third-order valence-corrected chi connectivity index (χ3v) is 7.85. The zero-order valence-electron chi connectivity index (χ0n) is 18.1. The summed E-state index contributed by atoms with van der Waals surface area (Å²) in [5.41, 5.74) is 0.948. The molecule has 4 rings (SSSR count). The Balaban J connectivity index is 1.56. The predicted molar refractivity (Wildman–Crippen MR) is 133 cm³/mol. The Morgan fingerprint density at radius 3 is 2.75 bits per heavy atom. The summed E-state index contributed by atoms with van der Waals surface area (Å²) in [4.78, 5) is 37.3. The number of nitrogens with one attached hydrogen (secondary N) is 1. The molecule has 0 aliphatic carbocycles. The molecule has 7 nitrogen and oxygen atoms in total. The molecule has 3 heterocycles. The third kappa shape index (κ3) is 5.10. The molecule has 1 N–H and O–H groups in total. The van der Waals surface area contributed by atoms with Gasteiger partial charge in [0.25, 0.3) is 5.56 Å². The average molecular weight is 492 g/mol. The lowest BCUT2D eigenvalue weighted by molar-refractivity contribution is -0.113. The summed E-state index contributed by atoms with van der Waals surface area (Å²) in [5.74, 6) is 0.635. The Labute approximate surface area is 200 Å². The van der Waals surface area contributed by atoms with E-state index in [1.165, 1.54) is 23.1 Å². The molecule has 0 radical (unpaired) electrons.